The average molecular weight is 358 g/mol. The number of carbonyl (C=O) groups excluding carboxylic acids is 1. The predicted octanol–water partition coefficient (Wildman–Crippen LogP) is 3.89. The van der Waals surface area contributed by atoms with E-state index in [1.54, 1.807) is 17.9 Å². The van der Waals surface area contributed by atoms with Gasteiger partial charge in [0.05, 0.1) is 23.6 Å². The number of rotatable bonds is 8. The van der Waals surface area contributed by atoms with Crippen LogP contribution in [0.3, 0.4) is 0 Å². The van der Waals surface area contributed by atoms with Crippen LogP contribution in [-0.2, 0) is 20.8 Å². The molecule has 1 aliphatic rings. The van der Waals surface area contributed by atoms with Crippen LogP contribution < -0.4 is 0 Å². The maximum atomic E-state index is 12.6. The highest BCUT2D eigenvalue weighted by atomic mass is 35.5. The summed E-state index contributed by atoms with van der Waals surface area (Å²) in [6.07, 6.45) is 4.63. The Bertz CT molecular complexity index is 514. The summed E-state index contributed by atoms with van der Waals surface area (Å²) in [4.78, 5) is 15.4. The van der Waals surface area contributed by atoms with Gasteiger partial charge in [-0.1, -0.05) is 17.7 Å². The second-order valence-corrected chi connectivity index (χ2v) is 7.48. The first-order valence-electron chi connectivity index (χ1n) is 7.97. The molecule has 1 aromatic rings. The number of amides is 1. The van der Waals surface area contributed by atoms with Crippen molar-refractivity contribution in [3.8, 4) is 0 Å². The molecule has 2 atom stereocenters. The van der Waals surface area contributed by atoms with E-state index >= 15 is 0 Å². The molecule has 0 N–H and O–H groups in total. The summed E-state index contributed by atoms with van der Waals surface area (Å²) in [5, 5.41) is 0. The lowest BCUT2D eigenvalue weighted by atomic mass is 10.1. The molecule has 0 saturated carbocycles. The normalized spacial score (nSPS) is 19.3. The molecular formula is C17H24ClNO3S. The lowest BCUT2D eigenvalue weighted by molar-refractivity contribution is -0.146. The Morgan fingerprint density at radius 2 is 2.43 bits per heavy atom. The number of hydrogen-bond acceptors (Lipinski definition) is 4. The van der Waals surface area contributed by atoms with E-state index in [0.717, 1.165) is 35.1 Å². The Balaban J connectivity index is 1.86. The number of thiophene rings is 1. The Morgan fingerprint density at radius 1 is 1.61 bits per heavy atom. The minimum absolute atomic E-state index is 0.0368. The number of halogens is 1. The van der Waals surface area contributed by atoms with Gasteiger partial charge in [-0.2, -0.15) is 0 Å². The first-order chi connectivity index (χ1) is 11.1. The molecule has 4 nitrogen and oxygen atoms in total. The molecule has 0 spiro atoms. The lowest BCUT2D eigenvalue weighted by Gasteiger charge is -2.27. The molecule has 0 aliphatic carbocycles. The molecular weight excluding hydrogens is 334 g/mol. The van der Waals surface area contributed by atoms with E-state index in [2.05, 4.69) is 6.58 Å². The maximum Gasteiger partial charge on any atom is 0.252 e. The predicted molar refractivity (Wildman–Crippen MR) is 93.9 cm³/mol. The number of carbonyl (C=O) groups is 1. The third-order valence-electron chi connectivity index (χ3n) is 3.79. The monoisotopic (exact) mass is 357 g/mol. The molecule has 1 amide bonds. The van der Waals surface area contributed by atoms with E-state index in [0.29, 0.717) is 19.7 Å². The molecule has 6 heteroatoms. The summed E-state index contributed by atoms with van der Waals surface area (Å²) < 4.78 is 12.1. The SMILES string of the molecule is C=CCN(Cc1ccc(Cl)s1)C(=O)C(C)OCC1CCCCO1. The zero-order valence-corrected chi connectivity index (χ0v) is 15.1. The first-order valence-corrected chi connectivity index (χ1v) is 9.16. The van der Waals surface area contributed by atoms with E-state index in [4.69, 9.17) is 21.1 Å². The van der Waals surface area contributed by atoms with Crippen LogP contribution in [0, 0.1) is 0 Å². The highest BCUT2D eigenvalue weighted by molar-refractivity contribution is 7.16. The number of hydrogen-bond donors (Lipinski definition) is 0. The zero-order chi connectivity index (χ0) is 16.7. The third kappa shape index (κ3) is 5.92. The summed E-state index contributed by atoms with van der Waals surface area (Å²) in [6, 6.07) is 3.79. The fourth-order valence-corrected chi connectivity index (χ4v) is 3.64. The number of nitrogens with zero attached hydrogens (tertiary/aromatic N) is 1. The van der Waals surface area contributed by atoms with Crippen LogP contribution in [0.2, 0.25) is 4.34 Å². The van der Waals surface area contributed by atoms with E-state index in [9.17, 15) is 4.79 Å². The quantitative estimate of drug-likeness (QED) is 0.662. The van der Waals surface area contributed by atoms with Gasteiger partial charge in [0, 0.05) is 18.0 Å². The minimum atomic E-state index is -0.490. The Kier molecular flexibility index (Phi) is 7.56. The molecule has 0 aromatic carbocycles. The molecule has 2 heterocycles. The van der Waals surface area contributed by atoms with Crippen LogP contribution in [-0.4, -0.2) is 42.8 Å². The molecule has 1 saturated heterocycles. The summed E-state index contributed by atoms with van der Waals surface area (Å²) in [6.45, 7) is 7.80. The van der Waals surface area contributed by atoms with Crippen molar-refractivity contribution in [3.05, 3.63) is 34.0 Å². The molecule has 1 fully saturated rings. The summed E-state index contributed by atoms with van der Waals surface area (Å²) in [5.41, 5.74) is 0. The van der Waals surface area contributed by atoms with Gasteiger partial charge in [0.2, 0.25) is 0 Å². The van der Waals surface area contributed by atoms with Crippen LogP contribution in [0.25, 0.3) is 0 Å². The molecule has 2 unspecified atom stereocenters. The van der Waals surface area contributed by atoms with Crippen molar-refractivity contribution >= 4 is 28.8 Å². The summed E-state index contributed by atoms with van der Waals surface area (Å²) >= 11 is 7.44. The highest BCUT2D eigenvalue weighted by Crippen LogP contribution is 2.23. The summed E-state index contributed by atoms with van der Waals surface area (Å²) in [7, 11) is 0. The van der Waals surface area contributed by atoms with Crippen LogP contribution in [0.5, 0.6) is 0 Å². The van der Waals surface area contributed by atoms with E-state index in [1.807, 2.05) is 12.1 Å². The Labute approximate surface area is 147 Å². The molecule has 0 bridgehead atoms. The van der Waals surface area contributed by atoms with Gasteiger partial charge in [-0.05, 0) is 38.3 Å². The highest BCUT2D eigenvalue weighted by Gasteiger charge is 2.23. The van der Waals surface area contributed by atoms with Crippen molar-refractivity contribution in [2.75, 3.05) is 19.8 Å². The summed E-state index contributed by atoms with van der Waals surface area (Å²) in [5.74, 6) is -0.0368. The van der Waals surface area contributed by atoms with Crippen LogP contribution in [0.1, 0.15) is 31.1 Å². The van der Waals surface area contributed by atoms with Crippen molar-refractivity contribution in [2.45, 2.75) is 44.9 Å². The van der Waals surface area contributed by atoms with Gasteiger partial charge >= 0.3 is 0 Å². The molecule has 23 heavy (non-hydrogen) atoms. The largest absolute Gasteiger partial charge is 0.376 e. The second-order valence-electron chi connectivity index (χ2n) is 5.68. The first kappa shape index (κ1) is 18.5. The van der Waals surface area contributed by atoms with E-state index < -0.39 is 6.10 Å². The van der Waals surface area contributed by atoms with Crippen molar-refractivity contribution in [1.29, 1.82) is 0 Å². The minimum Gasteiger partial charge on any atom is -0.376 e. The van der Waals surface area contributed by atoms with Crippen molar-refractivity contribution in [1.82, 2.24) is 4.90 Å². The number of ether oxygens (including phenoxy) is 2. The smallest absolute Gasteiger partial charge is 0.252 e. The van der Waals surface area contributed by atoms with E-state index in [1.165, 1.54) is 11.3 Å². The fourth-order valence-electron chi connectivity index (χ4n) is 2.53. The van der Waals surface area contributed by atoms with E-state index in [-0.39, 0.29) is 12.0 Å². The average Bonchev–Trinajstić information content (AvgIpc) is 2.97. The topological polar surface area (TPSA) is 38.8 Å². The molecule has 1 aromatic heterocycles. The van der Waals surface area contributed by atoms with Gasteiger partial charge in [0.15, 0.2) is 0 Å². The van der Waals surface area contributed by atoms with Gasteiger partial charge in [0.25, 0.3) is 5.91 Å². The van der Waals surface area contributed by atoms with Crippen molar-refractivity contribution in [2.24, 2.45) is 0 Å². The third-order valence-corrected chi connectivity index (χ3v) is 5.01. The van der Waals surface area contributed by atoms with Crippen LogP contribution in [0.4, 0.5) is 0 Å². The second kappa shape index (κ2) is 9.42. The standard InChI is InChI=1S/C17H24ClNO3S/c1-3-9-19(11-15-7-8-16(18)23-15)17(20)13(2)22-12-14-6-4-5-10-21-14/h3,7-8,13-14H,1,4-6,9-12H2,2H3. The van der Waals surface area contributed by atoms with Gasteiger partial charge in [-0.25, -0.2) is 0 Å². The molecule has 1 aliphatic heterocycles. The fraction of sp³-hybridized carbons (Fsp3) is 0.588. The van der Waals surface area contributed by atoms with Crippen LogP contribution in [0.15, 0.2) is 24.8 Å². The van der Waals surface area contributed by atoms with Crippen LogP contribution >= 0.6 is 22.9 Å². The van der Waals surface area contributed by atoms with Crippen molar-refractivity contribution < 1.29 is 14.3 Å². The Morgan fingerprint density at radius 3 is 3.04 bits per heavy atom. The Hall–Kier alpha value is -0.880. The lowest BCUT2D eigenvalue weighted by Crippen LogP contribution is -2.40. The van der Waals surface area contributed by atoms with Gasteiger partial charge in [-0.15, -0.1) is 17.9 Å². The maximum absolute atomic E-state index is 12.6. The van der Waals surface area contributed by atoms with Gasteiger partial charge in [-0.3, -0.25) is 4.79 Å². The van der Waals surface area contributed by atoms with Gasteiger partial charge < -0.3 is 14.4 Å². The molecule has 128 valence electrons. The zero-order valence-electron chi connectivity index (χ0n) is 13.5. The molecule has 0 radical (unpaired) electrons. The van der Waals surface area contributed by atoms with Gasteiger partial charge in [0.1, 0.15) is 6.10 Å². The van der Waals surface area contributed by atoms with Crippen molar-refractivity contribution in [3.63, 3.8) is 0 Å². The molecule has 2 rings (SSSR count).